The van der Waals surface area contributed by atoms with E-state index >= 15 is 0 Å². The molecule has 0 aliphatic carbocycles. The van der Waals surface area contributed by atoms with Gasteiger partial charge < -0.3 is 14.9 Å². The van der Waals surface area contributed by atoms with E-state index in [1.807, 2.05) is 9.80 Å². The van der Waals surface area contributed by atoms with E-state index in [0.717, 1.165) is 18.9 Å². The monoisotopic (exact) mass is 421 g/mol. The number of nitrogens with zero attached hydrogens (tertiary/aromatic N) is 5. The lowest BCUT2D eigenvalue weighted by Gasteiger charge is -2.38. The van der Waals surface area contributed by atoms with Gasteiger partial charge in [0.1, 0.15) is 5.82 Å². The van der Waals surface area contributed by atoms with Crippen LogP contribution < -0.4 is 4.90 Å². The SMILES string of the molecule is O=C(c1ccc(Cl)cc1)N1CCN(C2CN(c3ccnc(Cl)n3)CC2O)CC1. The second kappa shape index (κ2) is 8.21. The maximum absolute atomic E-state index is 12.7. The van der Waals surface area contributed by atoms with Crippen molar-refractivity contribution in [1.82, 2.24) is 19.8 Å². The molecular formula is C19H21Cl2N5O2. The Labute approximate surface area is 173 Å². The molecule has 2 saturated heterocycles. The molecule has 3 heterocycles. The standard InChI is InChI=1S/C19H21Cl2N5O2/c20-14-3-1-13(2-4-14)18(28)25-9-7-24(8-10-25)15-11-26(12-16(15)27)17-5-6-22-19(21)23-17/h1-6,15-16,27H,7-12H2. The van der Waals surface area contributed by atoms with Crippen molar-refractivity contribution in [2.75, 3.05) is 44.2 Å². The highest BCUT2D eigenvalue weighted by Gasteiger charge is 2.38. The fraction of sp³-hybridized carbons (Fsp3) is 0.421. The normalized spacial score (nSPS) is 23.2. The minimum absolute atomic E-state index is 0.00141. The number of aliphatic hydroxyl groups excluding tert-OH is 1. The summed E-state index contributed by atoms with van der Waals surface area (Å²) in [6.07, 6.45) is 1.14. The van der Waals surface area contributed by atoms with Crippen LogP contribution in [-0.4, -0.2) is 82.2 Å². The van der Waals surface area contributed by atoms with Crippen molar-refractivity contribution in [2.24, 2.45) is 0 Å². The molecule has 2 aliphatic heterocycles. The Kier molecular flexibility index (Phi) is 5.68. The van der Waals surface area contributed by atoms with Crippen LogP contribution in [0, 0.1) is 0 Å². The third kappa shape index (κ3) is 4.07. The van der Waals surface area contributed by atoms with E-state index in [0.29, 0.717) is 36.8 Å². The molecule has 2 atom stereocenters. The van der Waals surface area contributed by atoms with E-state index in [9.17, 15) is 9.90 Å². The van der Waals surface area contributed by atoms with Gasteiger partial charge in [-0.25, -0.2) is 9.97 Å². The van der Waals surface area contributed by atoms with Gasteiger partial charge in [0.2, 0.25) is 5.28 Å². The van der Waals surface area contributed by atoms with Gasteiger partial charge in [0.25, 0.3) is 5.91 Å². The van der Waals surface area contributed by atoms with Crippen LogP contribution in [0.3, 0.4) is 0 Å². The Hall–Kier alpha value is -1.93. The van der Waals surface area contributed by atoms with Gasteiger partial charge >= 0.3 is 0 Å². The number of hydrogen-bond donors (Lipinski definition) is 1. The topological polar surface area (TPSA) is 72.8 Å². The van der Waals surface area contributed by atoms with Gasteiger partial charge in [-0.05, 0) is 41.9 Å². The van der Waals surface area contributed by atoms with Gasteiger partial charge in [-0.3, -0.25) is 9.69 Å². The van der Waals surface area contributed by atoms with Crippen molar-refractivity contribution < 1.29 is 9.90 Å². The highest BCUT2D eigenvalue weighted by atomic mass is 35.5. The molecule has 2 aliphatic rings. The van der Waals surface area contributed by atoms with Crippen molar-refractivity contribution in [1.29, 1.82) is 0 Å². The molecule has 2 aromatic rings. The molecule has 0 saturated carbocycles. The lowest BCUT2D eigenvalue weighted by Crippen LogP contribution is -2.54. The number of aliphatic hydroxyl groups is 1. The predicted octanol–water partition coefficient (Wildman–Crippen LogP) is 1.79. The fourth-order valence-corrected chi connectivity index (χ4v) is 4.12. The molecule has 0 bridgehead atoms. The number of anilines is 1. The Morgan fingerprint density at radius 2 is 1.75 bits per heavy atom. The molecule has 0 spiro atoms. The van der Waals surface area contributed by atoms with Crippen molar-refractivity contribution in [3.63, 3.8) is 0 Å². The van der Waals surface area contributed by atoms with Gasteiger partial charge in [-0.15, -0.1) is 0 Å². The van der Waals surface area contributed by atoms with Crippen LogP contribution in [0.25, 0.3) is 0 Å². The smallest absolute Gasteiger partial charge is 0.253 e. The zero-order valence-electron chi connectivity index (χ0n) is 15.2. The summed E-state index contributed by atoms with van der Waals surface area (Å²) in [5.74, 6) is 0.735. The van der Waals surface area contributed by atoms with Crippen LogP contribution in [0.1, 0.15) is 10.4 Å². The summed E-state index contributed by atoms with van der Waals surface area (Å²) in [7, 11) is 0. The first-order valence-electron chi connectivity index (χ1n) is 9.22. The Balaban J connectivity index is 1.36. The number of carbonyl (C=O) groups is 1. The number of carbonyl (C=O) groups excluding carboxylic acids is 1. The van der Waals surface area contributed by atoms with Crippen LogP contribution >= 0.6 is 23.2 Å². The molecule has 1 aromatic carbocycles. The van der Waals surface area contributed by atoms with E-state index in [1.54, 1.807) is 36.5 Å². The first kappa shape index (κ1) is 19.4. The molecule has 1 amide bonds. The molecule has 28 heavy (non-hydrogen) atoms. The Bertz CT molecular complexity index is 842. The average Bonchev–Trinajstić information content (AvgIpc) is 3.10. The Morgan fingerprint density at radius 1 is 1.04 bits per heavy atom. The van der Waals surface area contributed by atoms with E-state index < -0.39 is 6.10 Å². The summed E-state index contributed by atoms with van der Waals surface area (Å²) < 4.78 is 0. The van der Waals surface area contributed by atoms with Crippen molar-refractivity contribution in [3.8, 4) is 0 Å². The van der Waals surface area contributed by atoms with Crippen LogP contribution in [0.4, 0.5) is 5.82 Å². The zero-order valence-corrected chi connectivity index (χ0v) is 16.7. The molecule has 4 rings (SSSR count). The number of benzene rings is 1. The molecule has 1 aromatic heterocycles. The van der Waals surface area contributed by atoms with E-state index in [4.69, 9.17) is 23.2 Å². The number of piperazine rings is 1. The fourth-order valence-electron chi connectivity index (χ4n) is 3.85. The predicted molar refractivity (Wildman–Crippen MR) is 108 cm³/mol. The van der Waals surface area contributed by atoms with Gasteiger partial charge in [0.15, 0.2) is 0 Å². The van der Waals surface area contributed by atoms with Crippen LogP contribution in [0.5, 0.6) is 0 Å². The van der Waals surface area contributed by atoms with Crippen molar-refractivity contribution in [3.05, 3.63) is 52.4 Å². The van der Waals surface area contributed by atoms with Crippen LogP contribution in [0.2, 0.25) is 10.3 Å². The van der Waals surface area contributed by atoms with Gasteiger partial charge in [-0.2, -0.15) is 0 Å². The molecule has 1 N–H and O–H groups in total. The number of rotatable bonds is 3. The zero-order chi connectivity index (χ0) is 19.7. The summed E-state index contributed by atoms with van der Waals surface area (Å²) >= 11 is 11.8. The minimum Gasteiger partial charge on any atom is -0.390 e. The van der Waals surface area contributed by atoms with Crippen molar-refractivity contribution in [2.45, 2.75) is 12.1 Å². The quantitative estimate of drug-likeness (QED) is 0.761. The highest BCUT2D eigenvalue weighted by Crippen LogP contribution is 2.24. The van der Waals surface area contributed by atoms with Crippen molar-refractivity contribution >= 4 is 34.9 Å². The largest absolute Gasteiger partial charge is 0.390 e. The lowest BCUT2D eigenvalue weighted by molar-refractivity contribution is 0.0376. The summed E-state index contributed by atoms with van der Waals surface area (Å²) in [6.45, 7) is 3.87. The van der Waals surface area contributed by atoms with Gasteiger partial charge in [-0.1, -0.05) is 11.6 Å². The molecule has 2 unspecified atom stereocenters. The summed E-state index contributed by atoms with van der Waals surface area (Å²) in [5.41, 5.74) is 0.644. The first-order valence-corrected chi connectivity index (χ1v) is 9.97. The summed E-state index contributed by atoms with van der Waals surface area (Å²) in [4.78, 5) is 26.9. The molecule has 0 radical (unpaired) electrons. The molecular weight excluding hydrogens is 401 g/mol. The molecule has 2 fully saturated rings. The third-order valence-electron chi connectivity index (χ3n) is 5.36. The molecule has 7 nitrogen and oxygen atoms in total. The van der Waals surface area contributed by atoms with Crippen LogP contribution in [-0.2, 0) is 0 Å². The summed E-state index contributed by atoms with van der Waals surface area (Å²) in [6, 6.07) is 8.76. The van der Waals surface area contributed by atoms with E-state index in [2.05, 4.69) is 14.9 Å². The van der Waals surface area contributed by atoms with Crippen LogP contribution in [0.15, 0.2) is 36.5 Å². The number of hydrogen-bond acceptors (Lipinski definition) is 6. The second-order valence-electron chi connectivity index (χ2n) is 7.06. The second-order valence-corrected chi connectivity index (χ2v) is 7.83. The number of aromatic nitrogens is 2. The Morgan fingerprint density at radius 3 is 2.43 bits per heavy atom. The van der Waals surface area contributed by atoms with Gasteiger partial charge in [0, 0.05) is 56.1 Å². The van der Waals surface area contributed by atoms with E-state index in [1.165, 1.54) is 0 Å². The average molecular weight is 422 g/mol. The number of amides is 1. The highest BCUT2D eigenvalue weighted by molar-refractivity contribution is 6.30. The summed E-state index contributed by atoms with van der Waals surface area (Å²) in [5, 5.41) is 11.4. The van der Waals surface area contributed by atoms with Gasteiger partial charge in [0.05, 0.1) is 12.1 Å². The maximum Gasteiger partial charge on any atom is 0.253 e. The first-order chi connectivity index (χ1) is 13.5. The molecule has 148 valence electrons. The number of β-amino-alcohol motifs (C(OH)–C–C–N with tert-alkyl or cyclic N) is 1. The third-order valence-corrected chi connectivity index (χ3v) is 5.79. The minimum atomic E-state index is -0.479. The lowest BCUT2D eigenvalue weighted by atomic mass is 10.1. The maximum atomic E-state index is 12.7. The number of halogens is 2. The van der Waals surface area contributed by atoms with E-state index in [-0.39, 0.29) is 17.2 Å². The molecule has 9 heteroatoms.